The first-order chi connectivity index (χ1) is 17.7. The number of ether oxygens (including phenoxy) is 2. The van der Waals surface area contributed by atoms with E-state index in [2.05, 4.69) is 10.3 Å². The van der Waals surface area contributed by atoms with Crippen molar-refractivity contribution in [1.82, 2.24) is 9.88 Å². The summed E-state index contributed by atoms with van der Waals surface area (Å²) in [6.45, 7) is 6.90. The number of rotatable bonds is 6. The molecule has 0 bridgehead atoms. The molecule has 1 aromatic heterocycles. The molecule has 194 valence electrons. The normalized spacial score (nSPS) is 24.5. The SMILES string of the molecule is CCOC(=O)[C@@H]1C[C@@H](O)CN1CCc1ccc(C2=C/C(=C3\C(=O)Nc4ccc(F)cc43)OC2(C)C)cn1. The van der Waals surface area contributed by atoms with E-state index in [0.717, 1.165) is 16.8 Å². The van der Waals surface area contributed by atoms with Crippen LogP contribution in [0.1, 0.15) is 44.0 Å². The van der Waals surface area contributed by atoms with Crippen molar-refractivity contribution in [1.29, 1.82) is 0 Å². The number of likely N-dealkylation sites (tertiary alicyclic amines) is 1. The van der Waals surface area contributed by atoms with Gasteiger partial charge >= 0.3 is 5.97 Å². The van der Waals surface area contributed by atoms with Crippen LogP contribution in [0.2, 0.25) is 0 Å². The largest absolute Gasteiger partial charge is 0.482 e. The number of β-amino-alcohol motifs (C(OH)–C–C–N with tert-alkyl or cyclic N) is 1. The molecule has 1 amide bonds. The average Bonchev–Trinajstić information content (AvgIpc) is 3.49. The second-order valence-corrected chi connectivity index (χ2v) is 9.99. The van der Waals surface area contributed by atoms with Gasteiger partial charge in [0.1, 0.15) is 23.2 Å². The van der Waals surface area contributed by atoms with Crippen LogP contribution in [0.4, 0.5) is 10.1 Å². The molecule has 0 unspecified atom stereocenters. The van der Waals surface area contributed by atoms with Crippen LogP contribution in [0.5, 0.6) is 0 Å². The number of allylic oxidation sites excluding steroid dienone is 1. The topological polar surface area (TPSA) is 101 Å². The number of hydrogen-bond donors (Lipinski definition) is 2. The number of aliphatic hydroxyl groups excluding tert-OH is 1. The number of aromatic nitrogens is 1. The van der Waals surface area contributed by atoms with Gasteiger partial charge in [0.15, 0.2) is 0 Å². The van der Waals surface area contributed by atoms with Gasteiger partial charge in [0, 0.05) is 60.2 Å². The number of fused-ring (bicyclic) bond motifs is 1. The molecule has 3 aliphatic rings. The van der Waals surface area contributed by atoms with Crippen LogP contribution in [0.15, 0.2) is 48.4 Å². The van der Waals surface area contributed by atoms with E-state index in [1.165, 1.54) is 12.1 Å². The lowest BCUT2D eigenvalue weighted by molar-refractivity contribution is -0.148. The Bertz CT molecular complexity index is 1300. The van der Waals surface area contributed by atoms with Crippen molar-refractivity contribution in [3.63, 3.8) is 0 Å². The quantitative estimate of drug-likeness (QED) is 0.457. The second kappa shape index (κ2) is 9.72. The highest BCUT2D eigenvalue weighted by Gasteiger charge is 2.39. The number of hydrogen-bond acceptors (Lipinski definition) is 7. The van der Waals surface area contributed by atoms with E-state index in [1.807, 2.05) is 37.0 Å². The molecule has 0 spiro atoms. The van der Waals surface area contributed by atoms with E-state index in [4.69, 9.17) is 9.47 Å². The Morgan fingerprint density at radius 2 is 2.14 bits per heavy atom. The number of nitrogens with one attached hydrogen (secondary N) is 1. The van der Waals surface area contributed by atoms with Gasteiger partial charge in [-0.15, -0.1) is 0 Å². The summed E-state index contributed by atoms with van der Waals surface area (Å²) in [6, 6.07) is 7.63. The number of anilines is 1. The number of nitrogens with zero attached hydrogens (tertiary/aromatic N) is 2. The Balaban J connectivity index is 1.34. The van der Waals surface area contributed by atoms with E-state index < -0.39 is 23.6 Å². The maximum absolute atomic E-state index is 13.9. The Morgan fingerprint density at radius 3 is 2.86 bits per heavy atom. The maximum Gasteiger partial charge on any atom is 0.323 e. The zero-order valence-corrected chi connectivity index (χ0v) is 21.1. The van der Waals surface area contributed by atoms with Crippen LogP contribution in [0.25, 0.3) is 11.1 Å². The molecule has 3 aliphatic heterocycles. The number of carbonyl (C=O) groups is 2. The van der Waals surface area contributed by atoms with E-state index in [-0.39, 0.29) is 11.9 Å². The molecule has 4 heterocycles. The highest BCUT2D eigenvalue weighted by Crippen LogP contribution is 2.44. The molecule has 5 rings (SSSR count). The van der Waals surface area contributed by atoms with Gasteiger partial charge in [0.2, 0.25) is 0 Å². The average molecular weight is 508 g/mol. The molecular weight excluding hydrogens is 477 g/mol. The fourth-order valence-corrected chi connectivity index (χ4v) is 5.20. The zero-order chi connectivity index (χ0) is 26.3. The molecule has 0 radical (unpaired) electrons. The third-order valence-corrected chi connectivity index (χ3v) is 6.99. The highest BCUT2D eigenvalue weighted by molar-refractivity contribution is 6.32. The first kappa shape index (κ1) is 25.1. The lowest BCUT2D eigenvalue weighted by Crippen LogP contribution is -2.38. The summed E-state index contributed by atoms with van der Waals surface area (Å²) in [5, 5.41) is 12.8. The molecule has 9 heteroatoms. The third kappa shape index (κ3) is 4.89. The minimum Gasteiger partial charge on any atom is -0.482 e. The summed E-state index contributed by atoms with van der Waals surface area (Å²) < 4.78 is 25.2. The Labute approximate surface area is 214 Å². The van der Waals surface area contributed by atoms with E-state index >= 15 is 0 Å². The molecule has 1 aromatic carbocycles. The zero-order valence-electron chi connectivity index (χ0n) is 21.1. The molecule has 1 fully saturated rings. The minimum atomic E-state index is -0.722. The van der Waals surface area contributed by atoms with Gasteiger partial charge in [0.05, 0.1) is 18.3 Å². The first-order valence-electron chi connectivity index (χ1n) is 12.5. The number of carbonyl (C=O) groups excluding carboxylic acids is 2. The van der Waals surface area contributed by atoms with Gasteiger partial charge in [-0.05, 0) is 51.1 Å². The number of amides is 1. The second-order valence-electron chi connectivity index (χ2n) is 9.99. The Morgan fingerprint density at radius 1 is 1.32 bits per heavy atom. The number of pyridine rings is 1. The number of benzene rings is 1. The summed E-state index contributed by atoms with van der Waals surface area (Å²) in [6.07, 6.45) is 4.03. The minimum absolute atomic E-state index is 0.302. The maximum atomic E-state index is 13.9. The first-order valence-corrected chi connectivity index (χ1v) is 12.5. The van der Waals surface area contributed by atoms with Crippen molar-refractivity contribution in [3.05, 3.63) is 71.0 Å². The predicted octanol–water partition coefficient (Wildman–Crippen LogP) is 3.32. The van der Waals surface area contributed by atoms with Crippen molar-refractivity contribution in [3.8, 4) is 0 Å². The summed E-state index contributed by atoms with van der Waals surface area (Å²) in [7, 11) is 0. The summed E-state index contributed by atoms with van der Waals surface area (Å²) in [5.41, 5.74) is 3.18. The Kier molecular flexibility index (Phi) is 6.59. The van der Waals surface area contributed by atoms with Gasteiger partial charge in [-0.25, -0.2) is 4.39 Å². The van der Waals surface area contributed by atoms with E-state index in [1.54, 1.807) is 19.2 Å². The molecule has 2 N–H and O–H groups in total. The van der Waals surface area contributed by atoms with Crippen LogP contribution >= 0.6 is 0 Å². The predicted molar refractivity (Wildman–Crippen MR) is 136 cm³/mol. The lowest BCUT2D eigenvalue weighted by Gasteiger charge is -2.24. The van der Waals surface area contributed by atoms with Crippen LogP contribution in [0, 0.1) is 5.82 Å². The highest BCUT2D eigenvalue weighted by atomic mass is 19.1. The fourth-order valence-electron chi connectivity index (χ4n) is 5.20. The van der Waals surface area contributed by atoms with Crippen LogP contribution in [-0.4, -0.2) is 64.3 Å². The molecule has 0 aliphatic carbocycles. The summed E-state index contributed by atoms with van der Waals surface area (Å²) >= 11 is 0. The number of aliphatic hydroxyl groups is 1. The van der Waals surface area contributed by atoms with Crippen LogP contribution in [-0.2, 0) is 25.5 Å². The van der Waals surface area contributed by atoms with Crippen molar-refractivity contribution in [2.45, 2.75) is 51.4 Å². The van der Waals surface area contributed by atoms with Crippen molar-refractivity contribution < 1.29 is 28.6 Å². The number of esters is 1. The van der Waals surface area contributed by atoms with Crippen molar-refractivity contribution in [2.75, 3.05) is 25.0 Å². The molecular formula is C28H30FN3O5. The summed E-state index contributed by atoms with van der Waals surface area (Å²) in [5.74, 6) is -0.662. The van der Waals surface area contributed by atoms with Gasteiger partial charge in [-0.3, -0.25) is 19.5 Å². The molecule has 1 saturated heterocycles. The number of halogens is 1. The smallest absolute Gasteiger partial charge is 0.323 e. The third-order valence-electron chi connectivity index (χ3n) is 6.99. The molecule has 37 heavy (non-hydrogen) atoms. The molecule has 0 saturated carbocycles. The van der Waals surface area contributed by atoms with Gasteiger partial charge in [-0.2, -0.15) is 0 Å². The van der Waals surface area contributed by atoms with Gasteiger partial charge in [-0.1, -0.05) is 6.07 Å². The molecule has 8 nitrogen and oxygen atoms in total. The fraction of sp³-hybridized carbons (Fsp3) is 0.393. The Hall–Kier alpha value is -3.56. The van der Waals surface area contributed by atoms with Crippen molar-refractivity contribution >= 4 is 28.7 Å². The molecule has 2 aromatic rings. The van der Waals surface area contributed by atoms with Crippen molar-refractivity contribution in [2.24, 2.45) is 0 Å². The van der Waals surface area contributed by atoms with E-state index in [0.29, 0.717) is 55.1 Å². The lowest BCUT2D eigenvalue weighted by atomic mass is 9.93. The monoisotopic (exact) mass is 507 g/mol. The standard InChI is InChI=1S/C28H30FN3O5/c1-4-36-27(35)23-12-19(33)15-32(23)10-9-18-7-5-16(14-30-18)21-13-24(37-28(21,2)3)25-20-11-17(29)6-8-22(20)31-26(25)34/h5-8,11,13-14,19,23,33H,4,9-10,12,15H2,1-3H3,(H,31,34)/b25-24+/t19-,23+/m1/s1. The van der Waals surface area contributed by atoms with Gasteiger partial charge in [0.25, 0.3) is 5.91 Å². The van der Waals surface area contributed by atoms with Gasteiger partial charge < -0.3 is 19.9 Å². The van der Waals surface area contributed by atoms with E-state index in [9.17, 15) is 19.1 Å². The molecule has 2 atom stereocenters. The van der Waals surface area contributed by atoms with Crippen LogP contribution < -0.4 is 5.32 Å². The summed E-state index contributed by atoms with van der Waals surface area (Å²) in [4.78, 5) is 31.5. The van der Waals surface area contributed by atoms with Crippen LogP contribution in [0.3, 0.4) is 0 Å².